The molecule has 3 rings (SSSR count). The Morgan fingerprint density at radius 3 is 2.33 bits per heavy atom. The molecule has 27 heavy (non-hydrogen) atoms. The van der Waals surface area contributed by atoms with Crippen molar-refractivity contribution in [2.45, 2.75) is 6.42 Å². The van der Waals surface area contributed by atoms with E-state index in [0.717, 1.165) is 43.3 Å². The molecular weight excluding hydrogens is 340 g/mol. The highest BCUT2D eigenvalue weighted by atomic mass is 16.5. The maximum atomic E-state index is 12.4. The maximum Gasteiger partial charge on any atom is 0.224 e. The third kappa shape index (κ3) is 4.91. The summed E-state index contributed by atoms with van der Waals surface area (Å²) in [4.78, 5) is 16.6. The van der Waals surface area contributed by atoms with Crippen LogP contribution in [0.5, 0.6) is 5.75 Å². The summed E-state index contributed by atoms with van der Waals surface area (Å²) in [5, 5.41) is 12.0. The minimum absolute atomic E-state index is 0.172. The normalized spacial score (nSPS) is 13.8. The SMILES string of the molecule is COc1ccc(N2CCN(C(=O)CCNc3ccc(C#N)cc3)CC2)cc1. The zero-order valence-electron chi connectivity index (χ0n) is 15.5. The second-order valence-corrected chi connectivity index (χ2v) is 6.43. The molecule has 1 saturated heterocycles. The Kier molecular flexibility index (Phi) is 6.16. The molecule has 1 fully saturated rings. The van der Waals surface area contributed by atoms with Crippen LogP contribution in [-0.2, 0) is 4.79 Å². The molecule has 1 aliphatic heterocycles. The molecule has 2 aromatic rings. The van der Waals surface area contributed by atoms with Gasteiger partial charge in [0.15, 0.2) is 0 Å². The highest BCUT2D eigenvalue weighted by molar-refractivity contribution is 5.77. The van der Waals surface area contributed by atoms with Gasteiger partial charge in [0.2, 0.25) is 5.91 Å². The van der Waals surface area contributed by atoms with Crippen LogP contribution < -0.4 is 15.0 Å². The summed E-state index contributed by atoms with van der Waals surface area (Å²) in [7, 11) is 1.66. The molecule has 0 atom stereocenters. The fourth-order valence-corrected chi connectivity index (χ4v) is 3.14. The van der Waals surface area contributed by atoms with E-state index in [-0.39, 0.29) is 5.91 Å². The first-order valence-corrected chi connectivity index (χ1v) is 9.10. The second kappa shape index (κ2) is 8.95. The third-order valence-corrected chi connectivity index (χ3v) is 4.75. The van der Waals surface area contributed by atoms with Crippen molar-refractivity contribution >= 4 is 17.3 Å². The van der Waals surface area contributed by atoms with Gasteiger partial charge in [0, 0.05) is 50.5 Å². The van der Waals surface area contributed by atoms with Gasteiger partial charge in [0.25, 0.3) is 0 Å². The van der Waals surface area contributed by atoms with Crippen LogP contribution in [0.4, 0.5) is 11.4 Å². The zero-order valence-corrected chi connectivity index (χ0v) is 15.5. The van der Waals surface area contributed by atoms with Gasteiger partial charge < -0.3 is 19.9 Å². The zero-order chi connectivity index (χ0) is 19.1. The van der Waals surface area contributed by atoms with Crippen molar-refractivity contribution < 1.29 is 9.53 Å². The first-order valence-electron chi connectivity index (χ1n) is 9.10. The minimum atomic E-state index is 0.172. The lowest BCUT2D eigenvalue weighted by Crippen LogP contribution is -2.49. The number of nitrogens with one attached hydrogen (secondary N) is 1. The van der Waals surface area contributed by atoms with Crippen molar-refractivity contribution in [1.29, 1.82) is 5.26 Å². The van der Waals surface area contributed by atoms with E-state index in [1.165, 1.54) is 0 Å². The molecule has 0 spiro atoms. The van der Waals surface area contributed by atoms with Crippen LogP contribution in [0.25, 0.3) is 0 Å². The van der Waals surface area contributed by atoms with Gasteiger partial charge in [-0.3, -0.25) is 4.79 Å². The molecule has 0 bridgehead atoms. The molecule has 0 saturated carbocycles. The van der Waals surface area contributed by atoms with Crippen molar-refractivity contribution in [3.8, 4) is 11.8 Å². The van der Waals surface area contributed by atoms with Gasteiger partial charge in [-0.1, -0.05) is 0 Å². The van der Waals surface area contributed by atoms with E-state index in [2.05, 4.69) is 28.4 Å². The van der Waals surface area contributed by atoms with Crippen molar-refractivity contribution in [1.82, 2.24) is 4.90 Å². The first-order chi connectivity index (χ1) is 13.2. The van der Waals surface area contributed by atoms with E-state index in [4.69, 9.17) is 10.00 Å². The monoisotopic (exact) mass is 364 g/mol. The van der Waals surface area contributed by atoms with Gasteiger partial charge in [-0.15, -0.1) is 0 Å². The fourth-order valence-electron chi connectivity index (χ4n) is 3.14. The van der Waals surface area contributed by atoms with E-state index in [9.17, 15) is 4.79 Å². The Hall–Kier alpha value is -3.20. The lowest BCUT2D eigenvalue weighted by molar-refractivity contribution is -0.131. The van der Waals surface area contributed by atoms with Crippen LogP contribution in [0.3, 0.4) is 0 Å². The number of methoxy groups -OCH3 is 1. The molecule has 1 heterocycles. The van der Waals surface area contributed by atoms with E-state index in [1.54, 1.807) is 19.2 Å². The molecule has 0 aromatic heterocycles. The average molecular weight is 364 g/mol. The number of ether oxygens (including phenoxy) is 1. The summed E-state index contributed by atoms with van der Waals surface area (Å²) >= 11 is 0. The molecular formula is C21H24N4O2. The number of hydrogen-bond acceptors (Lipinski definition) is 5. The lowest BCUT2D eigenvalue weighted by Gasteiger charge is -2.36. The molecule has 0 unspecified atom stereocenters. The lowest BCUT2D eigenvalue weighted by atomic mass is 10.2. The van der Waals surface area contributed by atoms with Crippen molar-refractivity contribution in [3.05, 3.63) is 54.1 Å². The molecule has 0 radical (unpaired) electrons. The summed E-state index contributed by atoms with van der Waals surface area (Å²) < 4.78 is 5.19. The highest BCUT2D eigenvalue weighted by Gasteiger charge is 2.20. The van der Waals surface area contributed by atoms with Crippen LogP contribution in [0.1, 0.15) is 12.0 Å². The third-order valence-electron chi connectivity index (χ3n) is 4.75. The second-order valence-electron chi connectivity index (χ2n) is 6.43. The molecule has 0 aliphatic carbocycles. The van der Waals surface area contributed by atoms with Crippen molar-refractivity contribution in [2.75, 3.05) is 50.1 Å². The smallest absolute Gasteiger partial charge is 0.224 e. The molecule has 6 nitrogen and oxygen atoms in total. The Morgan fingerprint density at radius 1 is 1.07 bits per heavy atom. The van der Waals surface area contributed by atoms with Crippen LogP contribution in [0.2, 0.25) is 0 Å². The molecule has 1 aliphatic rings. The van der Waals surface area contributed by atoms with Gasteiger partial charge >= 0.3 is 0 Å². The van der Waals surface area contributed by atoms with Crippen LogP contribution >= 0.6 is 0 Å². The van der Waals surface area contributed by atoms with Crippen LogP contribution in [0, 0.1) is 11.3 Å². The van der Waals surface area contributed by atoms with Gasteiger partial charge in [0.05, 0.1) is 18.7 Å². The summed E-state index contributed by atoms with van der Waals surface area (Å²) in [5.74, 6) is 1.02. The minimum Gasteiger partial charge on any atom is -0.497 e. The highest BCUT2D eigenvalue weighted by Crippen LogP contribution is 2.20. The van der Waals surface area contributed by atoms with E-state index < -0.39 is 0 Å². The van der Waals surface area contributed by atoms with Gasteiger partial charge in [-0.05, 0) is 48.5 Å². The van der Waals surface area contributed by atoms with E-state index in [0.29, 0.717) is 18.5 Å². The number of piperazine rings is 1. The number of benzene rings is 2. The van der Waals surface area contributed by atoms with Gasteiger partial charge in [-0.25, -0.2) is 0 Å². The number of nitriles is 1. The average Bonchev–Trinajstić information content (AvgIpc) is 2.74. The largest absolute Gasteiger partial charge is 0.497 e. The Labute approximate surface area is 160 Å². The predicted octanol–water partition coefficient (Wildman–Crippen LogP) is 2.72. The van der Waals surface area contributed by atoms with Crippen molar-refractivity contribution in [3.63, 3.8) is 0 Å². The summed E-state index contributed by atoms with van der Waals surface area (Å²) in [6.45, 7) is 3.73. The first kappa shape index (κ1) is 18.6. The predicted molar refractivity (Wildman–Crippen MR) is 106 cm³/mol. The Balaban J connectivity index is 1.41. The quantitative estimate of drug-likeness (QED) is 0.854. The summed E-state index contributed by atoms with van der Waals surface area (Å²) in [6.07, 6.45) is 0.461. The molecule has 1 N–H and O–H groups in total. The number of amides is 1. The van der Waals surface area contributed by atoms with Crippen molar-refractivity contribution in [2.24, 2.45) is 0 Å². The molecule has 6 heteroatoms. The number of nitrogens with zero attached hydrogens (tertiary/aromatic N) is 3. The summed E-state index contributed by atoms with van der Waals surface area (Å²) in [6, 6.07) is 17.4. The van der Waals surface area contributed by atoms with Crippen LogP contribution in [0.15, 0.2) is 48.5 Å². The maximum absolute atomic E-state index is 12.4. The molecule has 1 amide bonds. The Morgan fingerprint density at radius 2 is 1.74 bits per heavy atom. The number of carbonyl (C=O) groups is 1. The number of rotatable bonds is 6. The van der Waals surface area contributed by atoms with E-state index in [1.807, 2.05) is 29.2 Å². The van der Waals surface area contributed by atoms with Crippen LogP contribution in [-0.4, -0.2) is 50.6 Å². The topological polar surface area (TPSA) is 68.6 Å². The van der Waals surface area contributed by atoms with Gasteiger partial charge in [0.1, 0.15) is 5.75 Å². The Bertz CT molecular complexity index is 788. The molecule has 2 aromatic carbocycles. The number of hydrogen-bond donors (Lipinski definition) is 1. The standard InChI is InChI=1S/C21H24N4O2/c1-27-20-8-6-19(7-9-20)24-12-14-25(15-13-24)21(26)10-11-23-18-4-2-17(16-22)3-5-18/h2-9,23H,10-15H2,1H3. The van der Waals surface area contributed by atoms with Gasteiger partial charge in [-0.2, -0.15) is 5.26 Å². The molecule has 140 valence electrons. The summed E-state index contributed by atoms with van der Waals surface area (Å²) in [5.41, 5.74) is 2.71. The fraction of sp³-hybridized carbons (Fsp3) is 0.333. The number of carbonyl (C=O) groups excluding carboxylic acids is 1. The van der Waals surface area contributed by atoms with E-state index >= 15 is 0 Å². The number of anilines is 2.